The van der Waals surface area contributed by atoms with E-state index in [0.717, 1.165) is 19.3 Å². The first-order valence-corrected chi connectivity index (χ1v) is 10.2. The van der Waals surface area contributed by atoms with Gasteiger partial charge in [0.2, 0.25) is 0 Å². The molecule has 3 aliphatic rings. The van der Waals surface area contributed by atoms with Gasteiger partial charge in [-0.05, 0) is 25.7 Å². The molecule has 26 heavy (non-hydrogen) atoms. The van der Waals surface area contributed by atoms with E-state index in [2.05, 4.69) is 12.8 Å². The van der Waals surface area contributed by atoms with Crippen molar-refractivity contribution in [2.45, 2.75) is 87.8 Å². The Bertz CT molecular complexity index is 523. The topological polar surface area (TPSA) is 68.2 Å². The minimum absolute atomic E-state index is 0.0639. The van der Waals surface area contributed by atoms with Gasteiger partial charge in [-0.15, -0.1) is 6.42 Å². The summed E-state index contributed by atoms with van der Waals surface area (Å²) in [5, 5.41) is 22.0. The number of hydrogen-bond acceptors (Lipinski definition) is 5. The van der Waals surface area contributed by atoms with Crippen LogP contribution in [0.25, 0.3) is 0 Å². The lowest BCUT2D eigenvalue weighted by Gasteiger charge is -2.66. The summed E-state index contributed by atoms with van der Waals surface area (Å²) in [5.41, 5.74) is -1.94. The van der Waals surface area contributed by atoms with Crippen LogP contribution in [-0.4, -0.2) is 53.6 Å². The van der Waals surface area contributed by atoms with Crippen LogP contribution < -0.4 is 0 Å². The van der Waals surface area contributed by atoms with E-state index >= 15 is 0 Å². The highest BCUT2D eigenvalue weighted by atomic mass is 16.8. The first-order valence-electron chi connectivity index (χ1n) is 10.2. The van der Waals surface area contributed by atoms with E-state index in [1.807, 2.05) is 0 Å². The second-order valence-corrected chi connectivity index (χ2v) is 8.22. The Morgan fingerprint density at radius 1 is 1.23 bits per heavy atom. The minimum Gasteiger partial charge on any atom is -0.393 e. The summed E-state index contributed by atoms with van der Waals surface area (Å²) in [4.78, 5) is 0. The van der Waals surface area contributed by atoms with Crippen LogP contribution in [0.4, 0.5) is 0 Å². The van der Waals surface area contributed by atoms with Crippen LogP contribution >= 0.6 is 0 Å². The molecule has 148 valence electrons. The molecule has 2 saturated carbocycles. The molecule has 3 fully saturated rings. The number of rotatable bonds is 8. The Morgan fingerprint density at radius 2 is 1.92 bits per heavy atom. The monoisotopic (exact) mass is 366 g/mol. The van der Waals surface area contributed by atoms with Gasteiger partial charge in [-0.3, -0.25) is 0 Å². The van der Waals surface area contributed by atoms with E-state index in [9.17, 15) is 10.2 Å². The van der Waals surface area contributed by atoms with E-state index in [0.29, 0.717) is 38.9 Å². The predicted molar refractivity (Wildman–Crippen MR) is 98.4 cm³/mol. The van der Waals surface area contributed by atoms with Gasteiger partial charge in [0.05, 0.1) is 19.3 Å². The summed E-state index contributed by atoms with van der Waals surface area (Å²) >= 11 is 0. The van der Waals surface area contributed by atoms with E-state index in [1.165, 1.54) is 12.8 Å². The Kier molecular flexibility index (Phi) is 6.01. The van der Waals surface area contributed by atoms with Crippen molar-refractivity contribution in [1.82, 2.24) is 0 Å². The smallest absolute Gasteiger partial charge is 0.198 e. The quantitative estimate of drug-likeness (QED) is 0.511. The van der Waals surface area contributed by atoms with Crippen LogP contribution in [0.1, 0.15) is 64.7 Å². The molecule has 0 bridgehead atoms. The SMILES string of the molecule is C#C[C@](O)(CCCCCCC)[C@H]1[C@@H](O)CC[C@]2(OC)[C@H]1CC21OCCO1. The number of aliphatic hydroxyl groups is 2. The lowest BCUT2D eigenvalue weighted by atomic mass is 9.49. The van der Waals surface area contributed by atoms with Crippen LogP contribution in [0.15, 0.2) is 0 Å². The molecule has 1 saturated heterocycles. The average molecular weight is 366 g/mol. The van der Waals surface area contributed by atoms with E-state index in [1.54, 1.807) is 7.11 Å². The fourth-order valence-electron chi connectivity index (χ4n) is 5.59. The molecule has 1 spiro atoms. The molecule has 3 rings (SSSR count). The third kappa shape index (κ3) is 3.00. The largest absolute Gasteiger partial charge is 0.393 e. The zero-order chi connectivity index (χ0) is 18.8. The Labute approximate surface area is 157 Å². The molecule has 2 N–H and O–H groups in total. The maximum Gasteiger partial charge on any atom is 0.198 e. The maximum atomic E-state index is 11.3. The zero-order valence-corrected chi connectivity index (χ0v) is 16.2. The van der Waals surface area contributed by atoms with Gasteiger partial charge in [-0.1, -0.05) is 38.5 Å². The van der Waals surface area contributed by atoms with Gasteiger partial charge in [0.25, 0.3) is 0 Å². The van der Waals surface area contributed by atoms with E-state index < -0.39 is 29.0 Å². The third-order valence-electron chi connectivity index (χ3n) is 6.97. The van der Waals surface area contributed by atoms with Crippen molar-refractivity contribution >= 4 is 0 Å². The first kappa shape index (κ1) is 20.1. The van der Waals surface area contributed by atoms with Gasteiger partial charge in [0, 0.05) is 25.4 Å². The normalized spacial score (nSPS) is 37.6. The molecular formula is C21H34O5. The van der Waals surface area contributed by atoms with Crippen molar-refractivity contribution < 1.29 is 24.4 Å². The van der Waals surface area contributed by atoms with Crippen LogP contribution in [0, 0.1) is 24.2 Å². The van der Waals surface area contributed by atoms with Crippen LogP contribution in [0.3, 0.4) is 0 Å². The molecule has 0 aromatic heterocycles. The molecule has 0 radical (unpaired) electrons. The molecule has 1 heterocycles. The molecule has 5 atom stereocenters. The summed E-state index contributed by atoms with van der Waals surface area (Å²) < 4.78 is 17.8. The standard InChI is InChI=1S/C21H34O5/c1-4-6-7-8-9-11-19(23,5-2)18-16-15-21(25-13-14-26-21)20(16,24-3)12-10-17(18)22/h2,16-18,22-23H,4,6-15H2,1,3H3/t16-,17-,18+,19-,20-/m0/s1. The fraction of sp³-hybridized carbons (Fsp3) is 0.905. The lowest BCUT2D eigenvalue weighted by Crippen LogP contribution is -2.77. The second-order valence-electron chi connectivity index (χ2n) is 8.22. The molecule has 2 aliphatic carbocycles. The minimum atomic E-state index is -1.32. The molecule has 0 unspecified atom stereocenters. The van der Waals surface area contributed by atoms with E-state index in [-0.39, 0.29) is 5.92 Å². The molecule has 0 aromatic rings. The van der Waals surface area contributed by atoms with Crippen LogP contribution in [0.2, 0.25) is 0 Å². The number of ether oxygens (including phenoxy) is 3. The number of fused-ring (bicyclic) bond motifs is 2. The van der Waals surface area contributed by atoms with Gasteiger partial charge in [-0.25, -0.2) is 0 Å². The van der Waals surface area contributed by atoms with Gasteiger partial charge in [-0.2, -0.15) is 0 Å². The number of terminal acetylenes is 1. The summed E-state index contributed by atoms with van der Waals surface area (Å²) in [6, 6.07) is 0. The Morgan fingerprint density at radius 3 is 2.54 bits per heavy atom. The van der Waals surface area contributed by atoms with Crippen molar-refractivity contribution in [2.24, 2.45) is 11.8 Å². The van der Waals surface area contributed by atoms with Crippen molar-refractivity contribution in [3.63, 3.8) is 0 Å². The van der Waals surface area contributed by atoms with Gasteiger partial charge < -0.3 is 24.4 Å². The summed E-state index contributed by atoms with van der Waals surface area (Å²) in [7, 11) is 1.67. The van der Waals surface area contributed by atoms with E-state index in [4.69, 9.17) is 20.6 Å². The fourth-order valence-corrected chi connectivity index (χ4v) is 5.59. The maximum absolute atomic E-state index is 11.3. The zero-order valence-electron chi connectivity index (χ0n) is 16.2. The lowest BCUT2D eigenvalue weighted by molar-refractivity contribution is -0.392. The number of unbranched alkanes of at least 4 members (excludes halogenated alkanes) is 4. The summed E-state index contributed by atoms with van der Waals surface area (Å²) in [6.07, 6.45) is 12.9. The number of aliphatic hydroxyl groups excluding tert-OH is 1. The number of hydrogen-bond donors (Lipinski definition) is 2. The second kappa shape index (κ2) is 7.77. The van der Waals surface area contributed by atoms with Gasteiger partial charge in [0.1, 0.15) is 11.2 Å². The Hall–Kier alpha value is -0.640. The highest BCUT2D eigenvalue weighted by Gasteiger charge is 2.75. The molecule has 0 aromatic carbocycles. The van der Waals surface area contributed by atoms with Gasteiger partial charge >= 0.3 is 0 Å². The number of methoxy groups -OCH3 is 1. The average Bonchev–Trinajstić information content (AvgIpc) is 3.13. The summed E-state index contributed by atoms with van der Waals surface area (Å²) in [6.45, 7) is 3.30. The molecular weight excluding hydrogens is 332 g/mol. The van der Waals surface area contributed by atoms with Crippen molar-refractivity contribution in [2.75, 3.05) is 20.3 Å². The van der Waals surface area contributed by atoms with Crippen molar-refractivity contribution in [1.29, 1.82) is 0 Å². The van der Waals surface area contributed by atoms with Crippen LogP contribution in [-0.2, 0) is 14.2 Å². The molecule has 5 heteroatoms. The predicted octanol–water partition coefficient (Wildman–Crippen LogP) is 2.63. The van der Waals surface area contributed by atoms with Crippen LogP contribution in [0.5, 0.6) is 0 Å². The van der Waals surface area contributed by atoms with Crippen molar-refractivity contribution in [3.05, 3.63) is 0 Å². The molecule has 5 nitrogen and oxygen atoms in total. The molecule has 0 amide bonds. The van der Waals surface area contributed by atoms with Crippen molar-refractivity contribution in [3.8, 4) is 12.3 Å². The third-order valence-corrected chi connectivity index (χ3v) is 6.97. The highest BCUT2D eigenvalue weighted by Crippen LogP contribution is 2.64. The Balaban J connectivity index is 1.75. The highest BCUT2D eigenvalue weighted by molar-refractivity contribution is 5.24. The van der Waals surface area contributed by atoms with Gasteiger partial charge in [0.15, 0.2) is 5.79 Å². The summed E-state index contributed by atoms with van der Waals surface area (Å²) in [5.74, 6) is 1.42. The molecule has 1 aliphatic heterocycles. The first-order chi connectivity index (χ1) is 12.5.